The molecule has 84 valence electrons. The van der Waals surface area contributed by atoms with Crippen molar-refractivity contribution in [3.05, 3.63) is 35.1 Å². The van der Waals surface area contributed by atoms with Crippen molar-refractivity contribution in [3.8, 4) is 0 Å². The van der Waals surface area contributed by atoms with Gasteiger partial charge in [0.15, 0.2) is 0 Å². The summed E-state index contributed by atoms with van der Waals surface area (Å²) in [5.74, 6) is -1.18. The Kier molecular flexibility index (Phi) is 1.88. The predicted octanol–water partition coefficient (Wildman–Crippen LogP) is 2.50. The Morgan fingerprint density at radius 2 is 2.31 bits per heavy atom. The SMILES string of the molecule is O=C(O)C1CC12CCCc1cc(F)ccc12. The Balaban J connectivity index is 2.05. The molecule has 2 unspecified atom stereocenters. The maximum atomic E-state index is 13.1. The Labute approximate surface area is 93.1 Å². The maximum Gasteiger partial charge on any atom is 0.307 e. The van der Waals surface area contributed by atoms with Crippen molar-refractivity contribution in [3.63, 3.8) is 0 Å². The second-order valence-corrected chi connectivity index (χ2v) is 4.91. The third kappa shape index (κ3) is 1.20. The quantitative estimate of drug-likeness (QED) is 0.789. The zero-order chi connectivity index (χ0) is 11.3. The molecule has 0 amide bonds. The van der Waals surface area contributed by atoms with Crippen LogP contribution in [0.3, 0.4) is 0 Å². The first-order valence-electron chi connectivity index (χ1n) is 5.65. The van der Waals surface area contributed by atoms with E-state index in [4.69, 9.17) is 5.11 Å². The molecule has 1 aromatic carbocycles. The lowest BCUT2D eigenvalue weighted by Gasteiger charge is -2.25. The number of hydrogen-bond donors (Lipinski definition) is 1. The lowest BCUT2D eigenvalue weighted by Crippen LogP contribution is -2.21. The van der Waals surface area contributed by atoms with Crippen LogP contribution in [0, 0.1) is 11.7 Å². The van der Waals surface area contributed by atoms with Crippen LogP contribution >= 0.6 is 0 Å². The Morgan fingerprint density at radius 1 is 1.50 bits per heavy atom. The molecular weight excluding hydrogens is 207 g/mol. The van der Waals surface area contributed by atoms with Gasteiger partial charge in [-0.2, -0.15) is 0 Å². The molecule has 3 heteroatoms. The highest BCUT2D eigenvalue weighted by Crippen LogP contribution is 2.60. The summed E-state index contributed by atoms with van der Waals surface area (Å²) in [5, 5.41) is 9.08. The van der Waals surface area contributed by atoms with Crippen molar-refractivity contribution in [2.75, 3.05) is 0 Å². The molecule has 1 fully saturated rings. The number of carboxylic acid groups (broad SMARTS) is 1. The fourth-order valence-electron chi connectivity index (χ4n) is 3.19. The monoisotopic (exact) mass is 220 g/mol. The minimum Gasteiger partial charge on any atom is -0.481 e. The lowest BCUT2D eigenvalue weighted by atomic mass is 9.78. The predicted molar refractivity (Wildman–Crippen MR) is 56.8 cm³/mol. The van der Waals surface area contributed by atoms with Crippen molar-refractivity contribution in [1.82, 2.24) is 0 Å². The van der Waals surface area contributed by atoms with E-state index >= 15 is 0 Å². The molecule has 2 nitrogen and oxygen atoms in total. The molecule has 0 heterocycles. The van der Waals surface area contributed by atoms with Crippen LogP contribution in [0.4, 0.5) is 4.39 Å². The summed E-state index contributed by atoms with van der Waals surface area (Å²) in [6, 6.07) is 4.80. The molecule has 0 radical (unpaired) electrons. The van der Waals surface area contributed by atoms with Gasteiger partial charge in [-0.3, -0.25) is 4.79 Å². The van der Waals surface area contributed by atoms with E-state index in [2.05, 4.69) is 0 Å². The second-order valence-electron chi connectivity index (χ2n) is 4.91. The highest BCUT2D eigenvalue weighted by Gasteiger charge is 2.60. The summed E-state index contributed by atoms with van der Waals surface area (Å²) >= 11 is 0. The molecule has 0 bridgehead atoms. The van der Waals surface area contributed by atoms with Crippen molar-refractivity contribution in [2.45, 2.75) is 31.1 Å². The molecule has 2 atom stereocenters. The van der Waals surface area contributed by atoms with Gasteiger partial charge in [0.25, 0.3) is 0 Å². The first kappa shape index (κ1) is 9.82. The summed E-state index contributed by atoms with van der Waals surface area (Å²) in [6.45, 7) is 0. The van der Waals surface area contributed by atoms with Gasteiger partial charge in [-0.05, 0) is 48.9 Å². The first-order chi connectivity index (χ1) is 7.63. The molecule has 0 saturated heterocycles. The third-order valence-corrected chi connectivity index (χ3v) is 4.05. The number of carboxylic acids is 1. The van der Waals surface area contributed by atoms with E-state index in [1.165, 1.54) is 6.07 Å². The normalized spacial score (nSPS) is 31.2. The van der Waals surface area contributed by atoms with Gasteiger partial charge in [0.2, 0.25) is 0 Å². The fourth-order valence-corrected chi connectivity index (χ4v) is 3.19. The molecule has 1 spiro atoms. The third-order valence-electron chi connectivity index (χ3n) is 4.05. The lowest BCUT2D eigenvalue weighted by molar-refractivity contribution is -0.139. The van der Waals surface area contributed by atoms with E-state index in [-0.39, 0.29) is 17.2 Å². The Bertz CT molecular complexity index is 469. The molecule has 2 aliphatic carbocycles. The molecule has 3 rings (SSSR count). The molecule has 1 N–H and O–H groups in total. The van der Waals surface area contributed by atoms with Gasteiger partial charge < -0.3 is 5.11 Å². The summed E-state index contributed by atoms with van der Waals surface area (Å²) in [5.41, 5.74) is 1.91. The van der Waals surface area contributed by atoms with Crippen LogP contribution in [0.15, 0.2) is 18.2 Å². The van der Waals surface area contributed by atoms with Crippen molar-refractivity contribution in [2.24, 2.45) is 5.92 Å². The van der Waals surface area contributed by atoms with Crippen LogP contribution in [0.25, 0.3) is 0 Å². The van der Waals surface area contributed by atoms with Crippen molar-refractivity contribution in [1.29, 1.82) is 0 Å². The van der Waals surface area contributed by atoms with Crippen LogP contribution in [-0.4, -0.2) is 11.1 Å². The number of benzene rings is 1. The number of fused-ring (bicyclic) bond motifs is 2. The van der Waals surface area contributed by atoms with E-state index in [0.717, 1.165) is 36.8 Å². The molecule has 1 saturated carbocycles. The smallest absolute Gasteiger partial charge is 0.307 e. The summed E-state index contributed by atoms with van der Waals surface area (Å²) in [4.78, 5) is 11.0. The van der Waals surface area contributed by atoms with E-state index < -0.39 is 5.97 Å². The number of aryl methyl sites for hydroxylation is 1. The number of hydrogen-bond acceptors (Lipinski definition) is 1. The maximum absolute atomic E-state index is 13.1. The molecule has 16 heavy (non-hydrogen) atoms. The van der Waals surface area contributed by atoms with Crippen molar-refractivity contribution >= 4 is 5.97 Å². The second kappa shape index (κ2) is 3.06. The van der Waals surface area contributed by atoms with E-state index in [9.17, 15) is 9.18 Å². The topological polar surface area (TPSA) is 37.3 Å². The van der Waals surface area contributed by atoms with Crippen LogP contribution in [0.5, 0.6) is 0 Å². The molecule has 0 aromatic heterocycles. The number of carbonyl (C=O) groups is 1. The molecule has 2 aliphatic rings. The summed E-state index contributed by atoms with van der Waals surface area (Å²) in [6.07, 6.45) is 3.50. The molecular formula is C13H13FO2. The average Bonchev–Trinajstić information content (AvgIpc) is 2.93. The van der Waals surface area contributed by atoms with Gasteiger partial charge in [0.05, 0.1) is 5.92 Å². The molecule has 0 aliphatic heterocycles. The van der Waals surface area contributed by atoms with Crippen LogP contribution in [0.2, 0.25) is 0 Å². The minimum atomic E-state index is -0.711. The van der Waals surface area contributed by atoms with E-state index in [0.29, 0.717) is 0 Å². The highest BCUT2D eigenvalue weighted by atomic mass is 19.1. The number of aliphatic carboxylic acids is 1. The zero-order valence-corrected chi connectivity index (χ0v) is 8.87. The van der Waals surface area contributed by atoms with Crippen LogP contribution < -0.4 is 0 Å². The summed E-state index contributed by atoms with van der Waals surface area (Å²) in [7, 11) is 0. The standard InChI is InChI=1S/C13H13FO2/c14-9-3-4-10-8(6-9)2-1-5-13(10)7-11(13)12(15)16/h3-4,6,11H,1-2,5,7H2,(H,15,16). The number of halogens is 1. The van der Waals surface area contributed by atoms with Gasteiger partial charge in [0.1, 0.15) is 5.82 Å². The van der Waals surface area contributed by atoms with Gasteiger partial charge in [-0.25, -0.2) is 4.39 Å². The van der Waals surface area contributed by atoms with Gasteiger partial charge >= 0.3 is 5.97 Å². The van der Waals surface area contributed by atoms with Gasteiger partial charge in [-0.15, -0.1) is 0 Å². The van der Waals surface area contributed by atoms with E-state index in [1.807, 2.05) is 0 Å². The number of rotatable bonds is 1. The van der Waals surface area contributed by atoms with E-state index in [1.54, 1.807) is 12.1 Å². The fraction of sp³-hybridized carbons (Fsp3) is 0.462. The largest absolute Gasteiger partial charge is 0.481 e. The minimum absolute atomic E-state index is 0.173. The first-order valence-corrected chi connectivity index (χ1v) is 5.65. The van der Waals surface area contributed by atoms with Gasteiger partial charge in [0, 0.05) is 5.41 Å². The highest BCUT2D eigenvalue weighted by molar-refractivity contribution is 5.77. The molecule has 1 aromatic rings. The Hall–Kier alpha value is -1.38. The van der Waals surface area contributed by atoms with Crippen LogP contribution in [0.1, 0.15) is 30.4 Å². The average molecular weight is 220 g/mol. The van der Waals surface area contributed by atoms with Crippen LogP contribution in [-0.2, 0) is 16.6 Å². The Morgan fingerprint density at radius 3 is 3.00 bits per heavy atom. The van der Waals surface area contributed by atoms with Gasteiger partial charge in [-0.1, -0.05) is 6.07 Å². The summed E-state index contributed by atoms with van der Waals surface area (Å²) < 4.78 is 13.1. The van der Waals surface area contributed by atoms with Crippen molar-refractivity contribution < 1.29 is 14.3 Å². The zero-order valence-electron chi connectivity index (χ0n) is 8.87.